The van der Waals surface area contributed by atoms with Crippen LogP contribution in [0.3, 0.4) is 0 Å². The van der Waals surface area contributed by atoms with Gasteiger partial charge in [-0.2, -0.15) is 0 Å². The van der Waals surface area contributed by atoms with Crippen molar-refractivity contribution in [2.45, 2.75) is 33.1 Å². The Morgan fingerprint density at radius 2 is 2.11 bits per heavy atom. The van der Waals surface area contributed by atoms with Crippen LogP contribution >= 0.6 is 0 Å². The fourth-order valence-electron chi connectivity index (χ4n) is 1.92. The minimum Gasteiger partial charge on any atom is -0.492 e. The van der Waals surface area contributed by atoms with Gasteiger partial charge in [-0.15, -0.1) is 0 Å². The Morgan fingerprint density at radius 1 is 1.37 bits per heavy atom. The lowest BCUT2D eigenvalue weighted by Crippen LogP contribution is -2.13. The van der Waals surface area contributed by atoms with Crippen molar-refractivity contribution >= 4 is 5.97 Å². The maximum absolute atomic E-state index is 13.2. The average Bonchev–Trinajstić information content (AvgIpc) is 2.43. The molecule has 1 aromatic carbocycles. The van der Waals surface area contributed by atoms with Gasteiger partial charge in [-0.05, 0) is 30.5 Å². The molecule has 106 valence electrons. The minimum atomic E-state index is -0.585. The number of carbonyl (C=O) groups is 1. The average molecular weight is 268 g/mol. The number of ether oxygens (including phenoxy) is 2. The van der Waals surface area contributed by atoms with Gasteiger partial charge in [-0.3, -0.25) is 0 Å². The molecule has 1 unspecified atom stereocenters. The summed E-state index contributed by atoms with van der Waals surface area (Å²) in [5.74, 6) is -0.241. The van der Waals surface area contributed by atoms with E-state index in [-0.39, 0.29) is 5.56 Å². The van der Waals surface area contributed by atoms with Crippen LogP contribution in [0.1, 0.15) is 43.5 Å². The summed E-state index contributed by atoms with van der Waals surface area (Å²) in [4.78, 5) is 11.6. The first-order chi connectivity index (χ1) is 9.12. The van der Waals surface area contributed by atoms with Gasteiger partial charge in [-0.1, -0.05) is 26.7 Å². The lowest BCUT2D eigenvalue weighted by atomic mass is 10.0. The van der Waals surface area contributed by atoms with Gasteiger partial charge in [0.15, 0.2) is 0 Å². The minimum absolute atomic E-state index is 0.133. The van der Waals surface area contributed by atoms with Gasteiger partial charge in [0.25, 0.3) is 0 Å². The highest BCUT2D eigenvalue weighted by atomic mass is 19.1. The van der Waals surface area contributed by atoms with Crippen LogP contribution in [0.2, 0.25) is 0 Å². The van der Waals surface area contributed by atoms with Crippen molar-refractivity contribution in [3.05, 3.63) is 29.6 Å². The van der Waals surface area contributed by atoms with E-state index in [2.05, 4.69) is 18.6 Å². The Balaban J connectivity index is 2.79. The van der Waals surface area contributed by atoms with E-state index in [9.17, 15) is 9.18 Å². The third-order valence-electron chi connectivity index (χ3n) is 3.10. The van der Waals surface area contributed by atoms with Crippen LogP contribution in [0.4, 0.5) is 4.39 Å². The smallest absolute Gasteiger partial charge is 0.341 e. The van der Waals surface area contributed by atoms with E-state index in [4.69, 9.17) is 4.74 Å². The van der Waals surface area contributed by atoms with Gasteiger partial charge < -0.3 is 9.47 Å². The molecule has 4 heteroatoms. The molecule has 0 N–H and O–H groups in total. The first-order valence-corrected chi connectivity index (χ1v) is 6.63. The summed E-state index contributed by atoms with van der Waals surface area (Å²) >= 11 is 0. The molecule has 0 saturated heterocycles. The largest absolute Gasteiger partial charge is 0.492 e. The molecule has 0 fully saturated rings. The molecule has 0 aliphatic rings. The second-order valence-corrected chi connectivity index (χ2v) is 4.51. The molecular weight excluding hydrogens is 247 g/mol. The topological polar surface area (TPSA) is 35.5 Å². The monoisotopic (exact) mass is 268 g/mol. The number of esters is 1. The maximum atomic E-state index is 13.2. The summed E-state index contributed by atoms with van der Waals surface area (Å²) < 4.78 is 23.4. The highest BCUT2D eigenvalue weighted by Gasteiger charge is 2.15. The van der Waals surface area contributed by atoms with Crippen LogP contribution in [0.5, 0.6) is 5.75 Å². The Hall–Kier alpha value is -1.58. The van der Waals surface area contributed by atoms with Gasteiger partial charge in [0.2, 0.25) is 0 Å². The SMILES string of the molecule is CCCC(CC)COc1ccc(F)cc1C(=O)OC. The van der Waals surface area contributed by atoms with Crippen molar-refractivity contribution in [1.82, 2.24) is 0 Å². The summed E-state index contributed by atoms with van der Waals surface area (Å²) in [5, 5.41) is 0. The Kier molecular flexibility index (Phi) is 6.33. The molecule has 0 aliphatic heterocycles. The second-order valence-electron chi connectivity index (χ2n) is 4.51. The van der Waals surface area contributed by atoms with Gasteiger partial charge in [0, 0.05) is 0 Å². The van der Waals surface area contributed by atoms with Crippen LogP contribution in [-0.2, 0) is 4.74 Å². The van der Waals surface area contributed by atoms with Gasteiger partial charge >= 0.3 is 5.97 Å². The number of halogens is 1. The molecule has 0 spiro atoms. The van der Waals surface area contributed by atoms with E-state index < -0.39 is 11.8 Å². The number of rotatable bonds is 7. The fourth-order valence-corrected chi connectivity index (χ4v) is 1.92. The molecule has 0 bridgehead atoms. The number of hydrogen-bond acceptors (Lipinski definition) is 3. The molecule has 0 aliphatic carbocycles. The first kappa shape index (κ1) is 15.5. The fraction of sp³-hybridized carbons (Fsp3) is 0.533. The summed E-state index contributed by atoms with van der Waals surface area (Å²) in [6.45, 7) is 4.76. The zero-order valence-corrected chi connectivity index (χ0v) is 11.7. The summed E-state index contributed by atoms with van der Waals surface area (Å²) in [6.07, 6.45) is 3.18. The quantitative estimate of drug-likeness (QED) is 0.705. The Bertz CT molecular complexity index is 418. The van der Waals surface area contributed by atoms with E-state index >= 15 is 0 Å². The van der Waals surface area contributed by atoms with Crippen LogP contribution < -0.4 is 4.74 Å². The lowest BCUT2D eigenvalue weighted by Gasteiger charge is -2.16. The van der Waals surface area contributed by atoms with Gasteiger partial charge in [-0.25, -0.2) is 9.18 Å². The van der Waals surface area contributed by atoms with E-state index in [1.54, 1.807) is 0 Å². The Morgan fingerprint density at radius 3 is 2.68 bits per heavy atom. The van der Waals surface area contributed by atoms with Crippen molar-refractivity contribution < 1.29 is 18.7 Å². The van der Waals surface area contributed by atoms with Crippen molar-refractivity contribution in [2.75, 3.05) is 13.7 Å². The molecule has 0 aromatic heterocycles. The van der Waals surface area contributed by atoms with Crippen molar-refractivity contribution in [2.24, 2.45) is 5.92 Å². The predicted molar refractivity (Wildman–Crippen MR) is 71.9 cm³/mol. The molecule has 1 aromatic rings. The number of carbonyl (C=O) groups excluding carboxylic acids is 1. The Labute approximate surface area is 113 Å². The highest BCUT2D eigenvalue weighted by molar-refractivity contribution is 5.92. The van der Waals surface area contributed by atoms with Gasteiger partial charge in [0.05, 0.1) is 13.7 Å². The van der Waals surface area contributed by atoms with E-state index in [0.29, 0.717) is 18.3 Å². The van der Waals surface area contributed by atoms with Crippen molar-refractivity contribution in [3.63, 3.8) is 0 Å². The van der Waals surface area contributed by atoms with Crippen LogP contribution in [-0.4, -0.2) is 19.7 Å². The van der Waals surface area contributed by atoms with Crippen LogP contribution in [0.15, 0.2) is 18.2 Å². The zero-order valence-electron chi connectivity index (χ0n) is 11.7. The molecule has 1 rings (SSSR count). The molecule has 0 radical (unpaired) electrons. The van der Waals surface area contributed by atoms with E-state index in [0.717, 1.165) is 25.3 Å². The van der Waals surface area contributed by atoms with E-state index in [1.165, 1.54) is 19.2 Å². The maximum Gasteiger partial charge on any atom is 0.341 e. The molecule has 19 heavy (non-hydrogen) atoms. The molecule has 1 atom stereocenters. The summed E-state index contributed by atoms with van der Waals surface area (Å²) in [7, 11) is 1.27. The number of methoxy groups -OCH3 is 1. The molecule has 0 saturated carbocycles. The van der Waals surface area contributed by atoms with Crippen molar-refractivity contribution in [3.8, 4) is 5.75 Å². The van der Waals surface area contributed by atoms with Crippen LogP contribution in [0.25, 0.3) is 0 Å². The van der Waals surface area contributed by atoms with Crippen molar-refractivity contribution in [1.29, 1.82) is 0 Å². The third kappa shape index (κ3) is 4.54. The highest BCUT2D eigenvalue weighted by Crippen LogP contribution is 2.22. The first-order valence-electron chi connectivity index (χ1n) is 6.63. The second kappa shape index (κ2) is 7.77. The third-order valence-corrected chi connectivity index (χ3v) is 3.10. The zero-order chi connectivity index (χ0) is 14.3. The summed E-state index contributed by atoms with van der Waals surface area (Å²) in [6, 6.07) is 3.89. The predicted octanol–water partition coefficient (Wildman–Crippen LogP) is 3.82. The molecule has 3 nitrogen and oxygen atoms in total. The van der Waals surface area contributed by atoms with Crippen LogP contribution in [0, 0.1) is 11.7 Å². The lowest BCUT2D eigenvalue weighted by molar-refractivity contribution is 0.0594. The normalized spacial score (nSPS) is 12.0. The van der Waals surface area contributed by atoms with Gasteiger partial charge in [0.1, 0.15) is 17.1 Å². The molecule has 0 heterocycles. The summed E-state index contributed by atoms with van der Waals surface area (Å²) in [5.41, 5.74) is 0.133. The molecule has 0 amide bonds. The number of benzene rings is 1. The van der Waals surface area contributed by atoms with E-state index in [1.807, 2.05) is 0 Å². The molecular formula is C15H21FO3. The standard InChI is InChI=1S/C15H21FO3/c1-4-6-11(5-2)10-19-14-8-7-12(16)9-13(14)15(17)18-3/h7-9,11H,4-6,10H2,1-3H3. The number of hydrogen-bond donors (Lipinski definition) is 0.